The molecule has 5 nitrogen and oxygen atoms in total. The van der Waals surface area contributed by atoms with Crippen LogP contribution in [-0.2, 0) is 28.6 Å². The Morgan fingerprint density at radius 1 is 0.667 bits per heavy atom. The fraction of sp³-hybridized carbons (Fsp3) is 0. The second kappa shape index (κ2) is 54.8. The van der Waals surface area contributed by atoms with E-state index in [9.17, 15) is 0 Å². The van der Waals surface area contributed by atoms with Crippen molar-refractivity contribution in [1.82, 2.24) is 0 Å². The van der Waals surface area contributed by atoms with Crippen molar-refractivity contribution >= 4 is 23.1 Å². The van der Waals surface area contributed by atoms with Crippen LogP contribution in [-0.4, -0.2) is 16.8 Å². The first-order valence-corrected chi connectivity index (χ1v) is 2.00. The van der Waals surface area contributed by atoms with Crippen LogP contribution in [0.4, 0.5) is 0 Å². The van der Waals surface area contributed by atoms with E-state index in [0.717, 1.165) is 0 Å². The average Bonchev–Trinajstić information content (AvgIpc) is 1.39. The summed E-state index contributed by atoms with van der Waals surface area (Å²) < 4.78 is 33.2. The molecule has 0 heterocycles. The molecule has 9 heavy (non-hydrogen) atoms. The van der Waals surface area contributed by atoms with Crippen molar-refractivity contribution in [2.45, 2.75) is 0 Å². The molecule has 0 N–H and O–H groups in total. The summed E-state index contributed by atoms with van der Waals surface area (Å²) in [5, 5.41) is 0. The molecule has 0 atom stereocenters. The Labute approximate surface area is 103 Å². The van der Waals surface area contributed by atoms with E-state index in [1.165, 1.54) is 0 Å². The van der Waals surface area contributed by atoms with E-state index in [0.29, 0.717) is 0 Å². The quantitative estimate of drug-likeness (QED) is 0.354. The summed E-state index contributed by atoms with van der Waals surface area (Å²) in [5.74, 6) is 0. The van der Waals surface area contributed by atoms with Gasteiger partial charge in [0.05, 0.1) is 0 Å². The Hall–Kier alpha value is 1.60. The summed E-state index contributed by atoms with van der Waals surface area (Å²) in [6.45, 7) is 0. The largest absolute Gasteiger partial charge is 2.00 e. The third kappa shape index (κ3) is 217. The summed E-state index contributed by atoms with van der Waals surface area (Å²) in [5.41, 5.74) is 0. The maximum atomic E-state index is 8.29. The number of hydrogen-bond donors (Lipinski definition) is 0. The van der Waals surface area contributed by atoms with Gasteiger partial charge in [-0.05, 0) is 0 Å². The molecule has 0 rings (SSSR count). The van der Waals surface area contributed by atoms with E-state index in [1.807, 2.05) is 0 Å². The van der Waals surface area contributed by atoms with Crippen LogP contribution in [0.2, 0.25) is 0 Å². The summed E-state index contributed by atoms with van der Waals surface area (Å²) in [4.78, 5) is 0. The molecule has 0 saturated carbocycles. The first-order chi connectivity index (χ1) is 2.83. The molecule has 44 valence electrons. The van der Waals surface area contributed by atoms with Gasteiger partial charge >= 0.3 is 82.3 Å². The van der Waals surface area contributed by atoms with Crippen molar-refractivity contribution in [2.24, 2.45) is 0 Å². The smallest absolute Gasteiger partial charge is 1.00 e. The van der Waals surface area contributed by atoms with Gasteiger partial charge in [0.2, 0.25) is 0 Å². The van der Waals surface area contributed by atoms with Crippen LogP contribution in [0.1, 0.15) is 0 Å². The van der Waals surface area contributed by atoms with Gasteiger partial charge < -0.3 is 5.48 Å². The zero-order valence-electron chi connectivity index (χ0n) is 4.86. The number of rotatable bonds is 0. The topological polar surface area (TPSA) is 96.8 Å². The van der Waals surface area contributed by atoms with Crippen LogP contribution >= 0.6 is 0 Å². The van der Waals surface area contributed by atoms with Gasteiger partial charge in [-0.2, -0.15) is 16.8 Å². The van der Waals surface area contributed by atoms with E-state index >= 15 is 0 Å². The minimum atomic E-state index is -0.750. The minimum Gasteiger partial charge on any atom is -2.00 e. The van der Waals surface area contributed by atoms with Crippen LogP contribution in [0, 0.1) is 0 Å². The molecular formula is Na2O5S2. The fourth-order valence-electron chi connectivity index (χ4n) is 0. The molecule has 0 amide bonds. The van der Waals surface area contributed by atoms with Crippen molar-refractivity contribution in [2.75, 3.05) is 0 Å². The van der Waals surface area contributed by atoms with Gasteiger partial charge in [-0.3, -0.25) is 0 Å². The predicted molar refractivity (Wildman–Crippen MR) is 18.5 cm³/mol. The zero-order chi connectivity index (χ0) is 5.41. The van der Waals surface area contributed by atoms with E-state index in [1.54, 1.807) is 0 Å². The molecule has 0 spiro atoms. The summed E-state index contributed by atoms with van der Waals surface area (Å²) in [6.07, 6.45) is 0. The second-order valence-electron chi connectivity index (χ2n) is 0.136. The average molecular weight is 190 g/mol. The molecular weight excluding hydrogens is 190 g/mol. The Kier molecular flexibility index (Phi) is 190. The van der Waals surface area contributed by atoms with Crippen LogP contribution in [0.15, 0.2) is 0 Å². The van der Waals surface area contributed by atoms with Crippen LogP contribution in [0.25, 0.3) is 0 Å². The molecule has 0 aliphatic heterocycles. The Balaban J connectivity index is -0.00000000889. The van der Waals surface area contributed by atoms with Crippen molar-refractivity contribution in [3.63, 3.8) is 0 Å². The van der Waals surface area contributed by atoms with Crippen LogP contribution in [0.5, 0.6) is 0 Å². The Morgan fingerprint density at radius 3 is 0.667 bits per heavy atom. The normalized spacial score (nSPS) is 2.67. The SMILES string of the molecule is O=S=O.O=S=O.[Na+].[Na+].[O-2]. The van der Waals surface area contributed by atoms with Gasteiger partial charge in [-0.15, -0.1) is 0 Å². The predicted octanol–water partition coefficient (Wildman–Crippen LogP) is -7.45. The molecule has 0 unspecified atom stereocenters. The van der Waals surface area contributed by atoms with Crippen LogP contribution in [0.3, 0.4) is 0 Å². The first kappa shape index (κ1) is 31.2. The maximum Gasteiger partial charge on any atom is 1.00 e. The fourth-order valence-corrected chi connectivity index (χ4v) is 0. The van der Waals surface area contributed by atoms with E-state index < -0.39 is 23.1 Å². The van der Waals surface area contributed by atoms with Gasteiger partial charge in [-0.25, -0.2) is 0 Å². The molecule has 0 aromatic heterocycles. The third-order valence-corrected chi connectivity index (χ3v) is 0. The molecule has 0 saturated heterocycles. The molecule has 0 aliphatic carbocycles. The van der Waals surface area contributed by atoms with Gasteiger partial charge in [-0.1, -0.05) is 0 Å². The standard InChI is InChI=1S/2Na.2O2S.O/c;;2*1-3-2;/q2*+1;;;-2. The number of hydrogen-bond acceptors (Lipinski definition) is 4. The van der Waals surface area contributed by atoms with E-state index in [2.05, 4.69) is 0 Å². The van der Waals surface area contributed by atoms with Crippen molar-refractivity contribution in [3.8, 4) is 0 Å². The molecule has 0 fully saturated rings. The minimum absolute atomic E-state index is 0. The monoisotopic (exact) mass is 190 g/mol. The van der Waals surface area contributed by atoms with E-state index in [-0.39, 0.29) is 64.6 Å². The zero-order valence-corrected chi connectivity index (χ0v) is 10.5. The second-order valence-corrected chi connectivity index (χ2v) is 0.408. The first-order valence-electron chi connectivity index (χ1n) is 0.667. The third-order valence-electron chi connectivity index (χ3n) is 0. The molecule has 0 aromatic carbocycles. The van der Waals surface area contributed by atoms with Crippen molar-refractivity contribution in [1.29, 1.82) is 0 Å². The molecule has 0 radical (unpaired) electrons. The van der Waals surface area contributed by atoms with Crippen molar-refractivity contribution in [3.05, 3.63) is 0 Å². The Morgan fingerprint density at radius 2 is 0.667 bits per heavy atom. The summed E-state index contributed by atoms with van der Waals surface area (Å²) in [7, 11) is 0. The summed E-state index contributed by atoms with van der Waals surface area (Å²) in [6, 6.07) is 0. The van der Waals surface area contributed by atoms with Gasteiger partial charge in [0, 0.05) is 0 Å². The summed E-state index contributed by atoms with van der Waals surface area (Å²) >= 11 is -1.50. The van der Waals surface area contributed by atoms with Gasteiger partial charge in [0.1, 0.15) is 0 Å². The Bertz CT molecular complexity index is 67.0. The molecule has 0 bridgehead atoms. The van der Waals surface area contributed by atoms with E-state index in [4.69, 9.17) is 16.8 Å². The van der Waals surface area contributed by atoms with Crippen molar-refractivity contribution < 1.29 is 81.4 Å². The maximum absolute atomic E-state index is 8.29. The van der Waals surface area contributed by atoms with Crippen LogP contribution < -0.4 is 59.1 Å². The molecule has 0 aliphatic rings. The van der Waals surface area contributed by atoms with Gasteiger partial charge in [0.15, 0.2) is 0 Å². The molecule has 9 heteroatoms. The van der Waals surface area contributed by atoms with Gasteiger partial charge in [0.25, 0.3) is 0 Å². The molecule has 0 aromatic rings.